The van der Waals surface area contributed by atoms with Crippen LogP contribution in [0.15, 0.2) is 4.63 Å². The van der Waals surface area contributed by atoms with E-state index in [1.54, 1.807) is 0 Å². The summed E-state index contributed by atoms with van der Waals surface area (Å²) >= 11 is 0. The third-order valence-corrected chi connectivity index (χ3v) is 0.339. The molecule has 1 aromatic rings. The minimum Gasteiger partial charge on any atom is -0.222 e. The van der Waals surface area contributed by atoms with Gasteiger partial charge in [0.15, 0.2) is 5.82 Å². The quantitative estimate of drug-likeness (QED) is 0.431. The van der Waals surface area contributed by atoms with E-state index in [1.165, 1.54) is 0 Å². The largest absolute Gasteiger partial charge is 0.222 e. The van der Waals surface area contributed by atoms with Crippen molar-refractivity contribution in [3.05, 3.63) is 12.7 Å². The molecule has 0 aliphatic carbocycles. The number of hydrogen-bond donors (Lipinski definition) is 0. The Balaban J connectivity index is 3.05. The zero-order valence-corrected chi connectivity index (χ0v) is 2.96. The van der Waals surface area contributed by atoms with E-state index in [1.807, 2.05) is 0 Å². The fourth-order valence-electron chi connectivity index (χ4n) is 0.149. The number of hydrogen-bond acceptors (Lipinski definition) is 4. The number of nitrogens with zero attached hydrogens (tertiary/aromatic N) is 3. The normalized spacial score (nSPS) is 8.83. The van der Waals surface area contributed by atoms with Crippen LogP contribution in [0.3, 0.4) is 0 Å². The maximum atomic E-state index is 4.04. The third-order valence-electron chi connectivity index (χ3n) is 0.339. The van der Waals surface area contributed by atoms with Gasteiger partial charge < -0.3 is 0 Å². The van der Waals surface area contributed by atoms with Crippen LogP contribution in [-0.2, 0) is 0 Å². The Morgan fingerprint density at radius 3 is 2.67 bits per heavy atom. The zero-order chi connectivity index (χ0) is 4.41. The van der Waals surface area contributed by atoms with Crippen molar-refractivity contribution >= 4 is 0 Å². The lowest BCUT2D eigenvalue weighted by Gasteiger charge is -1.55. The first kappa shape index (κ1) is 3.27. The van der Waals surface area contributed by atoms with Crippen molar-refractivity contribution in [2.24, 2.45) is 0 Å². The molecule has 0 aliphatic rings. The minimum atomic E-state index is 0.315. The molecule has 0 saturated heterocycles. The lowest BCUT2D eigenvalue weighted by atomic mass is 10.8. The van der Waals surface area contributed by atoms with E-state index < -0.39 is 0 Å². The van der Waals surface area contributed by atoms with E-state index in [9.17, 15) is 0 Å². The maximum absolute atomic E-state index is 4.04. The van der Waals surface area contributed by atoms with Gasteiger partial charge in [0.25, 0.3) is 0 Å². The average Bonchev–Trinajstić information content (AvgIpc) is 1.86. The Morgan fingerprint density at radius 2 is 2.50 bits per heavy atom. The molecule has 0 aliphatic heterocycles. The summed E-state index contributed by atoms with van der Waals surface area (Å²) in [6.07, 6.45) is 0. The molecular weight excluding hydrogens is 82.0 g/mol. The second-order valence-corrected chi connectivity index (χ2v) is 0.771. The third kappa shape index (κ3) is 0.357. The summed E-state index contributed by atoms with van der Waals surface area (Å²) in [6.45, 7) is 3.30. The van der Waals surface area contributed by atoms with Crippen LogP contribution in [0.4, 0.5) is 0 Å². The topological polar surface area (TPSA) is 51.8 Å². The Morgan fingerprint density at radius 1 is 1.67 bits per heavy atom. The van der Waals surface area contributed by atoms with Gasteiger partial charge >= 0.3 is 0 Å². The van der Waals surface area contributed by atoms with Crippen LogP contribution in [0.25, 0.3) is 0 Å². The van der Waals surface area contributed by atoms with E-state index in [0.717, 1.165) is 0 Å². The van der Waals surface area contributed by atoms with Gasteiger partial charge in [0, 0.05) is 6.92 Å². The molecule has 0 atom stereocenters. The Bertz CT molecular complexity index is 112. The predicted molar refractivity (Wildman–Crippen MR) is 16.6 cm³/mol. The van der Waals surface area contributed by atoms with Crippen LogP contribution in [0.1, 0.15) is 5.82 Å². The summed E-state index contributed by atoms with van der Waals surface area (Å²) in [5.41, 5.74) is 0. The first-order chi connectivity index (χ1) is 2.89. The van der Waals surface area contributed by atoms with Crippen molar-refractivity contribution in [2.75, 3.05) is 0 Å². The van der Waals surface area contributed by atoms with Crippen molar-refractivity contribution in [3.8, 4) is 0 Å². The Kier molecular flexibility index (Phi) is 0.567. The Labute approximate surface area is 34.1 Å². The summed E-state index contributed by atoms with van der Waals surface area (Å²) in [4.78, 5) is 0. The van der Waals surface area contributed by atoms with Crippen LogP contribution < -0.4 is 0 Å². The monoisotopic (exact) mass is 84.0 g/mol. The van der Waals surface area contributed by atoms with E-state index in [2.05, 4.69) is 27.1 Å². The first-order valence-corrected chi connectivity index (χ1v) is 1.37. The summed E-state index contributed by atoms with van der Waals surface area (Å²) < 4.78 is 4.04. The molecule has 0 aromatic carbocycles. The molecule has 1 rings (SSSR count). The molecule has 0 saturated carbocycles. The highest BCUT2D eigenvalue weighted by atomic mass is 16.6. The van der Waals surface area contributed by atoms with Gasteiger partial charge in [-0.25, -0.2) is 4.63 Å². The summed E-state index contributed by atoms with van der Waals surface area (Å²) in [5.74, 6) is 0.315. The molecule has 0 spiro atoms. The molecule has 0 unspecified atom stereocenters. The van der Waals surface area contributed by atoms with E-state index in [4.69, 9.17) is 0 Å². The molecule has 0 N–H and O–H groups in total. The van der Waals surface area contributed by atoms with E-state index in [0.29, 0.717) is 5.82 Å². The molecular formula is C2H2N3O. The standard InChI is InChI=1S/C2H2N3O/c1-2-3-5-6-4-2/h1H2. The summed E-state index contributed by atoms with van der Waals surface area (Å²) in [6, 6.07) is 0. The summed E-state index contributed by atoms with van der Waals surface area (Å²) in [5, 5.41) is 9.51. The van der Waals surface area contributed by atoms with Gasteiger partial charge in [-0.3, -0.25) is 0 Å². The number of rotatable bonds is 0. The average molecular weight is 84.1 g/mol. The molecule has 0 amide bonds. The second kappa shape index (κ2) is 1.04. The molecule has 0 fully saturated rings. The van der Waals surface area contributed by atoms with Crippen LogP contribution in [-0.4, -0.2) is 15.5 Å². The smallest absolute Gasteiger partial charge is 0.197 e. The van der Waals surface area contributed by atoms with Gasteiger partial charge in [-0.1, -0.05) is 5.10 Å². The molecule has 1 heterocycles. The van der Waals surface area contributed by atoms with Crippen molar-refractivity contribution in [1.29, 1.82) is 0 Å². The Hall–Kier alpha value is -0.930. The minimum absolute atomic E-state index is 0.315. The molecule has 1 aromatic heterocycles. The summed E-state index contributed by atoms with van der Waals surface area (Å²) in [7, 11) is 0. The first-order valence-electron chi connectivity index (χ1n) is 1.37. The lowest BCUT2D eigenvalue weighted by Crippen LogP contribution is -1.68. The van der Waals surface area contributed by atoms with Crippen molar-refractivity contribution < 1.29 is 4.63 Å². The molecule has 0 bridgehead atoms. The van der Waals surface area contributed by atoms with Gasteiger partial charge in [0.2, 0.25) is 0 Å². The van der Waals surface area contributed by atoms with Gasteiger partial charge in [0.05, 0.1) is 5.27 Å². The van der Waals surface area contributed by atoms with Crippen LogP contribution in [0.5, 0.6) is 0 Å². The van der Waals surface area contributed by atoms with Gasteiger partial charge in [-0.15, -0.1) is 0 Å². The van der Waals surface area contributed by atoms with E-state index in [-0.39, 0.29) is 0 Å². The van der Waals surface area contributed by atoms with Crippen LogP contribution in [0, 0.1) is 6.92 Å². The van der Waals surface area contributed by atoms with Gasteiger partial charge in [0.1, 0.15) is 0 Å². The molecule has 6 heavy (non-hydrogen) atoms. The fourth-order valence-corrected chi connectivity index (χ4v) is 0.149. The van der Waals surface area contributed by atoms with Crippen molar-refractivity contribution in [1.82, 2.24) is 15.5 Å². The maximum Gasteiger partial charge on any atom is 0.197 e. The zero-order valence-electron chi connectivity index (χ0n) is 2.96. The van der Waals surface area contributed by atoms with Crippen LogP contribution >= 0.6 is 0 Å². The lowest BCUT2D eigenvalue weighted by molar-refractivity contribution is 0.292. The molecule has 31 valence electrons. The fraction of sp³-hybridized carbons (Fsp3) is 0. The molecule has 1 radical (unpaired) electrons. The highest BCUT2D eigenvalue weighted by molar-refractivity contribution is 4.76. The predicted octanol–water partition coefficient (Wildman–Crippen LogP) is -0.353. The van der Waals surface area contributed by atoms with Gasteiger partial charge in [-0.2, -0.15) is 0 Å². The SMILES string of the molecule is [CH2]c1nnon1. The van der Waals surface area contributed by atoms with Crippen molar-refractivity contribution in [3.63, 3.8) is 0 Å². The molecule has 4 heteroatoms. The molecule has 4 nitrogen and oxygen atoms in total. The van der Waals surface area contributed by atoms with Crippen molar-refractivity contribution in [2.45, 2.75) is 0 Å². The highest BCUT2D eigenvalue weighted by Gasteiger charge is 1.82. The van der Waals surface area contributed by atoms with Crippen LogP contribution in [0.2, 0.25) is 0 Å². The second-order valence-electron chi connectivity index (χ2n) is 0.771. The van der Waals surface area contributed by atoms with E-state index >= 15 is 0 Å². The van der Waals surface area contributed by atoms with Gasteiger partial charge in [-0.05, 0) is 5.16 Å². The number of aromatic nitrogens is 3. The highest BCUT2D eigenvalue weighted by Crippen LogP contribution is 1.73.